The number of amides is 2. The minimum absolute atomic E-state index is 0.0753. The van der Waals surface area contributed by atoms with E-state index in [1.165, 1.54) is 0 Å². The Morgan fingerprint density at radius 1 is 1.38 bits per heavy atom. The SMILES string of the molecule is O=C(NCc1ccco1)N1CCC(Nc2ccc3nccn3n2)C1. The molecule has 0 bridgehead atoms. The second-order valence-corrected chi connectivity index (χ2v) is 5.76. The lowest BCUT2D eigenvalue weighted by molar-refractivity contribution is 0.207. The Hall–Kier alpha value is -3.03. The van der Waals surface area contributed by atoms with Crippen molar-refractivity contribution in [2.75, 3.05) is 18.4 Å². The van der Waals surface area contributed by atoms with Crippen molar-refractivity contribution in [2.24, 2.45) is 0 Å². The largest absolute Gasteiger partial charge is 0.467 e. The van der Waals surface area contributed by atoms with Gasteiger partial charge in [0.2, 0.25) is 0 Å². The molecule has 1 unspecified atom stereocenters. The number of furan rings is 1. The highest BCUT2D eigenvalue weighted by molar-refractivity contribution is 5.74. The first-order chi connectivity index (χ1) is 11.8. The van der Waals surface area contributed by atoms with Crippen molar-refractivity contribution in [3.8, 4) is 0 Å². The summed E-state index contributed by atoms with van der Waals surface area (Å²) < 4.78 is 6.94. The Morgan fingerprint density at radius 3 is 3.21 bits per heavy atom. The average Bonchev–Trinajstić information content (AvgIpc) is 3.33. The standard InChI is InChI=1S/C16H18N6O2/c23-16(18-10-13-2-1-9-24-13)21-7-5-12(11-21)19-14-3-4-15-17-6-8-22(15)20-14/h1-4,6,8-9,12H,5,7,10-11H2,(H,18,23)(H,19,20). The first kappa shape index (κ1) is 14.6. The van der Waals surface area contributed by atoms with E-state index in [4.69, 9.17) is 4.42 Å². The lowest BCUT2D eigenvalue weighted by Gasteiger charge is -2.17. The van der Waals surface area contributed by atoms with Gasteiger partial charge in [-0.15, -0.1) is 5.10 Å². The number of hydrogen-bond donors (Lipinski definition) is 2. The fourth-order valence-corrected chi connectivity index (χ4v) is 2.85. The Kier molecular flexibility index (Phi) is 3.78. The van der Waals surface area contributed by atoms with E-state index in [0.717, 1.165) is 30.2 Å². The fraction of sp³-hybridized carbons (Fsp3) is 0.312. The second-order valence-electron chi connectivity index (χ2n) is 5.76. The zero-order valence-electron chi connectivity index (χ0n) is 13.1. The molecule has 1 fully saturated rings. The van der Waals surface area contributed by atoms with E-state index in [-0.39, 0.29) is 12.1 Å². The number of hydrogen-bond acceptors (Lipinski definition) is 5. The number of aromatic nitrogens is 3. The van der Waals surface area contributed by atoms with Gasteiger partial charge in [0.15, 0.2) is 5.65 Å². The summed E-state index contributed by atoms with van der Waals surface area (Å²) >= 11 is 0. The zero-order chi connectivity index (χ0) is 16.4. The van der Waals surface area contributed by atoms with Crippen molar-refractivity contribution in [3.05, 3.63) is 48.7 Å². The van der Waals surface area contributed by atoms with E-state index in [0.29, 0.717) is 13.1 Å². The highest BCUT2D eigenvalue weighted by Gasteiger charge is 2.26. The number of rotatable bonds is 4. The molecular formula is C16H18N6O2. The van der Waals surface area contributed by atoms with Crippen LogP contribution in [0.2, 0.25) is 0 Å². The summed E-state index contributed by atoms with van der Waals surface area (Å²) in [4.78, 5) is 18.2. The van der Waals surface area contributed by atoms with Crippen LogP contribution in [0.4, 0.5) is 10.6 Å². The molecule has 8 heteroatoms. The van der Waals surface area contributed by atoms with Crippen molar-refractivity contribution in [1.29, 1.82) is 0 Å². The predicted octanol–water partition coefficient (Wildman–Crippen LogP) is 1.72. The number of likely N-dealkylation sites (tertiary alicyclic amines) is 1. The average molecular weight is 326 g/mol. The molecule has 8 nitrogen and oxygen atoms in total. The van der Waals surface area contributed by atoms with Gasteiger partial charge in [-0.1, -0.05) is 0 Å². The Labute approximate surface area is 138 Å². The third kappa shape index (κ3) is 3.03. The normalized spacial score (nSPS) is 17.3. The smallest absolute Gasteiger partial charge is 0.317 e. The molecular weight excluding hydrogens is 308 g/mol. The summed E-state index contributed by atoms with van der Waals surface area (Å²) in [6.07, 6.45) is 6.01. The molecule has 1 atom stereocenters. The highest BCUT2D eigenvalue weighted by Crippen LogP contribution is 2.15. The summed E-state index contributed by atoms with van der Waals surface area (Å²) in [7, 11) is 0. The molecule has 0 radical (unpaired) electrons. The molecule has 4 rings (SSSR count). The molecule has 124 valence electrons. The van der Waals surface area contributed by atoms with Crippen molar-refractivity contribution < 1.29 is 9.21 Å². The van der Waals surface area contributed by atoms with E-state index in [2.05, 4.69) is 20.7 Å². The summed E-state index contributed by atoms with van der Waals surface area (Å²) in [6.45, 7) is 1.77. The van der Waals surface area contributed by atoms with Crippen LogP contribution in [-0.2, 0) is 6.54 Å². The van der Waals surface area contributed by atoms with Gasteiger partial charge in [0.25, 0.3) is 0 Å². The van der Waals surface area contributed by atoms with E-state index < -0.39 is 0 Å². The van der Waals surface area contributed by atoms with Crippen LogP contribution in [-0.4, -0.2) is 44.7 Å². The van der Waals surface area contributed by atoms with E-state index in [9.17, 15) is 4.79 Å². The minimum Gasteiger partial charge on any atom is -0.467 e. The maximum atomic E-state index is 12.2. The van der Waals surface area contributed by atoms with Crippen LogP contribution in [0.3, 0.4) is 0 Å². The molecule has 1 aliphatic rings. The fourth-order valence-electron chi connectivity index (χ4n) is 2.85. The van der Waals surface area contributed by atoms with Crippen LogP contribution in [0, 0.1) is 0 Å². The molecule has 2 amide bonds. The van der Waals surface area contributed by atoms with E-state index in [1.807, 2.05) is 24.4 Å². The van der Waals surface area contributed by atoms with Gasteiger partial charge in [-0.05, 0) is 30.7 Å². The minimum atomic E-state index is -0.0753. The lowest BCUT2D eigenvalue weighted by Crippen LogP contribution is -2.39. The summed E-state index contributed by atoms with van der Waals surface area (Å²) in [5.74, 6) is 1.53. The molecule has 24 heavy (non-hydrogen) atoms. The van der Waals surface area contributed by atoms with Gasteiger partial charge in [-0.3, -0.25) is 0 Å². The zero-order valence-corrected chi connectivity index (χ0v) is 13.1. The molecule has 0 spiro atoms. The van der Waals surface area contributed by atoms with Gasteiger partial charge in [-0.2, -0.15) is 0 Å². The number of nitrogens with zero attached hydrogens (tertiary/aromatic N) is 4. The Balaban J connectivity index is 1.31. The van der Waals surface area contributed by atoms with Gasteiger partial charge < -0.3 is 20.0 Å². The van der Waals surface area contributed by atoms with Gasteiger partial charge in [0.1, 0.15) is 11.6 Å². The molecule has 3 aromatic heterocycles. The van der Waals surface area contributed by atoms with E-state index >= 15 is 0 Å². The predicted molar refractivity (Wildman–Crippen MR) is 87.5 cm³/mol. The second kappa shape index (κ2) is 6.23. The third-order valence-electron chi connectivity index (χ3n) is 4.08. The van der Waals surface area contributed by atoms with Crippen LogP contribution >= 0.6 is 0 Å². The van der Waals surface area contributed by atoms with Crippen LogP contribution in [0.15, 0.2) is 47.3 Å². The number of carbonyl (C=O) groups is 1. The molecule has 3 aromatic rings. The first-order valence-corrected chi connectivity index (χ1v) is 7.90. The molecule has 0 aromatic carbocycles. The van der Waals surface area contributed by atoms with Crippen LogP contribution < -0.4 is 10.6 Å². The van der Waals surface area contributed by atoms with Crippen molar-refractivity contribution in [2.45, 2.75) is 19.0 Å². The maximum Gasteiger partial charge on any atom is 0.317 e. The molecule has 1 saturated heterocycles. The van der Waals surface area contributed by atoms with Crippen LogP contribution in [0.5, 0.6) is 0 Å². The Bertz CT molecular complexity index is 828. The Morgan fingerprint density at radius 2 is 2.33 bits per heavy atom. The number of urea groups is 1. The molecule has 1 aliphatic heterocycles. The van der Waals surface area contributed by atoms with Gasteiger partial charge in [-0.25, -0.2) is 14.3 Å². The van der Waals surface area contributed by atoms with Gasteiger partial charge in [0, 0.05) is 31.5 Å². The van der Waals surface area contributed by atoms with Crippen LogP contribution in [0.25, 0.3) is 5.65 Å². The number of anilines is 1. The van der Waals surface area contributed by atoms with Crippen molar-refractivity contribution >= 4 is 17.5 Å². The molecule has 2 N–H and O–H groups in total. The molecule has 0 aliphatic carbocycles. The number of imidazole rings is 1. The molecule has 0 saturated carbocycles. The van der Waals surface area contributed by atoms with Crippen LogP contribution in [0.1, 0.15) is 12.2 Å². The number of carbonyl (C=O) groups excluding carboxylic acids is 1. The lowest BCUT2D eigenvalue weighted by atomic mass is 10.2. The summed E-state index contributed by atoms with van der Waals surface area (Å²) in [5.41, 5.74) is 0.811. The van der Waals surface area contributed by atoms with Gasteiger partial charge >= 0.3 is 6.03 Å². The number of fused-ring (bicyclic) bond motifs is 1. The highest BCUT2D eigenvalue weighted by atomic mass is 16.3. The summed E-state index contributed by atoms with van der Waals surface area (Å²) in [5, 5.41) is 10.7. The first-order valence-electron chi connectivity index (χ1n) is 7.90. The van der Waals surface area contributed by atoms with Gasteiger partial charge in [0.05, 0.1) is 12.8 Å². The topological polar surface area (TPSA) is 87.7 Å². The summed E-state index contributed by atoms with van der Waals surface area (Å²) in [6, 6.07) is 7.58. The van der Waals surface area contributed by atoms with Crippen molar-refractivity contribution in [1.82, 2.24) is 24.8 Å². The maximum absolute atomic E-state index is 12.2. The number of nitrogens with one attached hydrogen (secondary N) is 2. The third-order valence-corrected chi connectivity index (χ3v) is 4.08. The molecule has 4 heterocycles. The van der Waals surface area contributed by atoms with Crippen molar-refractivity contribution in [3.63, 3.8) is 0 Å². The quantitative estimate of drug-likeness (QED) is 0.762. The monoisotopic (exact) mass is 326 g/mol. The van der Waals surface area contributed by atoms with E-state index in [1.54, 1.807) is 27.9 Å².